The van der Waals surface area contributed by atoms with Gasteiger partial charge in [-0.2, -0.15) is 5.01 Å². The van der Waals surface area contributed by atoms with Gasteiger partial charge in [-0.15, -0.1) is 0 Å². The number of fused-ring (bicyclic) bond motifs is 1. The molecule has 3 aromatic rings. The largest absolute Gasteiger partial charge is 0.508 e. The number of hydrazine groups is 1. The Labute approximate surface area is 199 Å². The first-order valence-electron chi connectivity index (χ1n) is 11.4. The molecule has 1 heterocycles. The topological polar surface area (TPSA) is 69.6 Å². The number of anilines is 1. The molecule has 1 fully saturated rings. The van der Waals surface area contributed by atoms with E-state index in [2.05, 4.69) is 12.0 Å². The van der Waals surface area contributed by atoms with Gasteiger partial charge in [-0.25, -0.2) is 0 Å². The number of amides is 2. The van der Waals surface area contributed by atoms with E-state index in [-0.39, 0.29) is 17.6 Å². The maximum atomic E-state index is 14.4. The van der Waals surface area contributed by atoms with Crippen LogP contribution in [0.15, 0.2) is 103 Å². The van der Waals surface area contributed by atoms with E-state index in [4.69, 9.17) is 0 Å². The number of rotatable bonds is 5. The first-order chi connectivity index (χ1) is 16.5. The number of nitrogens with one attached hydrogen (secondary N) is 1. The number of allylic oxidation sites excluding steroid dienone is 3. The molecule has 2 aliphatic rings. The van der Waals surface area contributed by atoms with E-state index in [9.17, 15) is 14.7 Å². The summed E-state index contributed by atoms with van der Waals surface area (Å²) in [6, 6.07) is 24.0. The van der Waals surface area contributed by atoms with Crippen molar-refractivity contribution in [1.29, 1.82) is 0 Å². The number of aromatic hydroxyl groups is 1. The summed E-state index contributed by atoms with van der Waals surface area (Å²) in [5, 5.41) is 11.1. The lowest BCUT2D eigenvalue weighted by Gasteiger charge is -2.43. The van der Waals surface area contributed by atoms with Crippen molar-refractivity contribution in [3.63, 3.8) is 0 Å². The second-order valence-electron chi connectivity index (χ2n) is 8.91. The summed E-state index contributed by atoms with van der Waals surface area (Å²) in [6.07, 6.45) is 4.21. The third kappa shape index (κ3) is 3.24. The van der Waals surface area contributed by atoms with Crippen molar-refractivity contribution in [3.05, 3.63) is 120 Å². The molecule has 34 heavy (non-hydrogen) atoms. The molecule has 5 rings (SSSR count). The van der Waals surface area contributed by atoms with Crippen LogP contribution in [0, 0.1) is 12.8 Å². The van der Waals surface area contributed by atoms with E-state index in [1.165, 1.54) is 5.01 Å². The van der Waals surface area contributed by atoms with Gasteiger partial charge in [-0.1, -0.05) is 78.9 Å². The highest BCUT2D eigenvalue weighted by Crippen LogP contribution is 2.57. The van der Waals surface area contributed by atoms with Crippen LogP contribution in [-0.2, 0) is 15.0 Å². The van der Waals surface area contributed by atoms with Gasteiger partial charge >= 0.3 is 0 Å². The lowest BCUT2D eigenvalue weighted by Crippen LogP contribution is -2.48. The molecule has 0 radical (unpaired) electrons. The molecule has 1 saturated heterocycles. The SMILES string of the molecule is C=CC1=CCC2C(=O)N(Nc3ccc(C)cc3)C(=O)C2(c2ccccc2)C1c1ccc(O)cc1. The quantitative estimate of drug-likeness (QED) is 0.521. The van der Waals surface area contributed by atoms with Crippen molar-refractivity contribution in [1.82, 2.24) is 5.01 Å². The lowest BCUT2D eigenvalue weighted by atomic mass is 9.56. The number of carbonyl (C=O) groups is 2. The van der Waals surface area contributed by atoms with E-state index in [1.807, 2.05) is 79.7 Å². The van der Waals surface area contributed by atoms with Crippen LogP contribution in [0.4, 0.5) is 5.69 Å². The van der Waals surface area contributed by atoms with Gasteiger partial charge in [0.1, 0.15) is 5.75 Å². The molecule has 0 spiro atoms. The third-order valence-corrected chi connectivity index (χ3v) is 7.01. The zero-order valence-electron chi connectivity index (χ0n) is 18.9. The minimum Gasteiger partial charge on any atom is -0.508 e. The number of phenolic OH excluding ortho intramolecular Hbond substituents is 1. The molecule has 3 aromatic carbocycles. The molecule has 2 N–H and O–H groups in total. The molecule has 2 amide bonds. The summed E-state index contributed by atoms with van der Waals surface area (Å²) in [5.41, 5.74) is 6.22. The number of hydrogen-bond acceptors (Lipinski definition) is 4. The van der Waals surface area contributed by atoms with Crippen LogP contribution < -0.4 is 5.43 Å². The average Bonchev–Trinajstić information content (AvgIpc) is 3.08. The van der Waals surface area contributed by atoms with Crippen LogP contribution in [0.2, 0.25) is 0 Å². The second-order valence-corrected chi connectivity index (χ2v) is 8.91. The molecular formula is C29H26N2O3. The van der Waals surface area contributed by atoms with Gasteiger partial charge in [0, 0.05) is 5.92 Å². The number of nitrogens with zero attached hydrogens (tertiary/aromatic N) is 1. The Hall–Kier alpha value is -4.12. The maximum absolute atomic E-state index is 14.4. The van der Waals surface area contributed by atoms with Crippen LogP contribution >= 0.6 is 0 Å². The van der Waals surface area contributed by atoms with Crippen molar-refractivity contribution in [2.75, 3.05) is 5.43 Å². The van der Waals surface area contributed by atoms with Gasteiger partial charge in [0.15, 0.2) is 0 Å². The van der Waals surface area contributed by atoms with Crippen molar-refractivity contribution in [2.24, 2.45) is 5.92 Å². The molecular weight excluding hydrogens is 424 g/mol. The molecule has 1 aliphatic carbocycles. The molecule has 5 nitrogen and oxygen atoms in total. The molecule has 5 heteroatoms. The fraction of sp³-hybridized carbons (Fsp3) is 0.172. The molecule has 3 unspecified atom stereocenters. The molecule has 0 aromatic heterocycles. The zero-order chi connectivity index (χ0) is 23.9. The third-order valence-electron chi connectivity index (χ3n) is 7.01. The van der Waals surface area contributed by atoms with Crippen LogP contribution in [0.5, 0.6) is 5.75 Å². The minimum atomic E-state index is -1.15. The number of hydrogen-bond donors (Lipinski definition) is 2. The molecule has 3 atom stereocenters. The number of aryl methyl sites for hydroxylation is 1. The highest BCUT2D eigenvalue weighted by atomic mass is 16.3. The average molecular weight is 451 g/mol. The standard InChI is InChI=1S/C29H26N2O3/c1-3-20-13-18-25-27(33)31(30-23-14-9-19(2)10-15-23)28(34)29(25,22-7-5-4-6-8-22)26(20)21-11-16-24(32)17-12-21/h3-17,25-26,30,32H,1,18H2,2H3. The van der Waals surface area contributed by atoms with Crippen LogP contribution in [0.25, 0.3) is 0 Å². The van der Waals surface area contributed by atoms with Crippen molar-refractivity contribution in [3.8, 4) is 5.75 Å². The molecule has 170 valence electrons. The Bertz CT molecular complexity index is 1280. The van der Waals surface area contributed by atoms with Crippen molar-refractivity contribution in [2.45, 2.75) is 24.7 Å². The summed E-state index contributed by atoms with van der Waals surface area (Å²) < 4.78 is 0. The Balaban J connectivity index is 1.71. The van der Waals surface area contributed by atoms with Crippen molar-refractivity contribution < 1.29 is 14.7 Å². The summed E-state index contributed by atoms with van der Waals surface area (Å²) in [6.45, 7) is 6.00. The predicted molar refractivity (Wildman–Crippen MR) is 132 cm³/mol. The highest BCUT2D eigenvalue weighted by molar-refractivity contribution is 6.12. The van der Waals surface area contributed by atoms with Crippen LogP contribution in [0.1, 0.15) is 29.0 Å². The second kappa shape index (κ2) is 8.34. The van der Waals surface area contributed by atoms with Gasteiger partial charge in [0.25, 0.3) is 11.8 Å². The van der Waals surface area contributed by atoms with Gasteiger partial charge in [0.05, 0.1) is 17.0 Å². The summed E-state index contributed by atoms with van der Waals surface area (Å²) in [7, 11) is 0. The highest BCUT2D eigenvalue weighted by Gasteiger charge is 2.65. The predicted octanol–water partition coefficient (Wildman–Crippen LogP) is 5.25. The number of phenols is 1. The van der Waals surface area contributed by atoms with Gasteiger partial charge in [0.2, 0.25) is 0 Å². The minimum absolute atomic E-state index is 0.144. The van der Waals surface area contributed by atoms with Crippen LogP contribution in [0.3, 0.4) is 0 Å². The number of imide groups is 1. The molecule has 1 aliphatic heterocycles. The van der Waals surface area contributed by atoms with E-state index in [0.29, 0.717) is 12.1 Å². The van der Waals surface area contributed by atoms with Gasteiger partial charge < -0.3 is 5.11 Å². The maximum Gasteiger partial charge on any atom is 0.260 e. The van der Waals surface area contributed by atoms with E-state index < -0.39 is 17.3 Å². The molecule has 0 bridgehead atoms. The number of benzene rings is 3. The fourth-order valence-corrected chi connectivity index (χ4v) is 5.42. The lowest BCUT2D eigenvalue weighted by molar-refractivity contribution is -0.138. The summed E-state index contributed by atoms with van der Waals surface area (Å²) in [4.78, 5) is 28.2. The molecule has 0 saturated carbocycles. The van der Waals surface area contributed by atoms with Crippen LogP contribution in [-0.4, -0.2) is 21.9 Å². The van der Waals surface area contributed by atoms with Gasteiger partial charge in [-0.05, 0) is 54.3 Å². The normalized spacial score (nSPS) is 23.9. The zero-order valence-corrected chi connectivity index (χ0v) is 18.9. The smallest absolute Gasteiger partial charge is 0.260 e. The van der Waals surface area contributed by atoms with E-state index in [0.717, 1.165) is 22.3 Å². The Kier molecular flexibility index (Phi) is 5.33. The van der Waals surface area contributed by atoms with E-state index >= 15 is 0 Å². The summed E-state index contributed by atoms with van der Waals surface area (Å²) in [5.74, 6) is -1.42. The summed E-state index contributed by atoms with van der Waals surface area (Å²) >= 11 is 0. The Morgan fingerprint density at radius 2 is 1.68 bits per heavy atom. The fourth-order valence-electron chi connectivity index (χ4n) is 5.42. The first-order valence-corrected chi connectivity index (χ1v) is 11.4. The van der Waals surface area contributed by atoms with Crippen molar-refractivity contribution >= 4 is 17.5 Å². The Morgan fingerprint density at radius 3 is 2.32 bits per heavy atom. The Morgan fingerprint density at radius 1 is 1.00 bits per heavy atom. The first kappa shape index (κ1) is 21.7. The van der Waals surface area contributed by atoms with E-state index in [1.54, 1.807) is 18.2 Å². The number of carbonyl (C=O) groups excluding carboxylic acids is 2. The van der Waals surface area contributed by atoms with Gasteiger partial charge in [-0.3, -0.25) is 15.0 Å². The monoisotopic (exact) mass is 450 g/mol.